The number of carbonyl (C=O) groups excluding carboxylic acids is 2. The molecule has 0 bridgehead atoms. The van der Waals surface area contributed by atoms with E-state index in [0.29, 0.717) is 42.0 Å². The monoisotopic (exact) mass is 472 g/mol. The Bertz CT molecular complexity index is 1050. The van der Waals surface area contributed by atoms with Crippen molar-refractivity contribution in [2.75, 3.05) is 30.3 Å². The molecule has 2 aromatic rings. The first-order valence-corrected chi connectivity index (χ1v) is 11.5. The van der Waals surface area contributed by atoms with Gasteiger partial charge in [0.2, 0.25) is 5.95 Å². The number of benzene rings is 1. The number of amides is 2. The van der Waals surface area contributed by atoms with Crippen LogP contribution >= 0.6 is 11.6 Å². The highest BCUT2D eigenvalue weighted by Crippen LogP contribution is 2.26. The Labute approximate surface area is 198 Å². The molecule has 0 unspecified atom stereocenters. The van der Waals surface area contributed by atoms with Crippen molar-refractivity contribution in [2.45, 2.75) is 51.7 Å². The van der Waals surface area contributed by atoms with Crippen LogP contribution < -0.4 is 16.0 Å². The lowest BCUT2D eigenvalue weighted by atomic mass is 10.00. The van der Waals surface area contributed by atoms with Gasteiger partial charge >= 0.3 is 6.09 Å². The molecule has 2 amide bonds. The minimum atomic E-state index is -0.505. The van der Waals surface area contributed by atoms with Gasteiger partial charge in [-0.3, -0.25) is 4.79 Å². The number of hydrogen-bond donors (Lipinski definition) is 3. The van der Waals surface area contributed by atoms with Crippen LogP contribution in [0, 0.1) is 0 Å². The zero-order valence-corrected chi connectivity index (χ0v) is 19.8. The first-order valence-electron chi connectivity index (χ1n) is 11.1. The van der Waals surface area contributed by atoms with Gasteiger partial charge in [0.05, 0.1) is 6.20 Å². The molecular formula is C23H29ClN6O3. The topological polar surface area (TPSA) is 108 Å². The van der Waals surface area contributed by atoms with Crippen molar-refractivity contribution in [1.82, 2.24) is 20.2 Å². The van der Waals surface area contributed by atoms with Gasteiger partial charge in [0.1, 0.15) is 10.6 Å². The van der Waals surface area contributed by atoms with Gasteiger partial charge < -0.3 is 25.6 Å². The standard InChI is InChI=1S/C23H29ClN6O3/c1-23(2,3)33-22(32)30-10-7-15(8-11-30)27-19-18(24)13-26-21(29-19)28-16-4-5-17-14(12-16)6-9-25-20(17)31/h4-5,12-13,15H,6-11H2,1-3H3,(H,25,31)(H2,26,27,28,29). The summed E-state index contributed by atoms with van der Waals surface area (Å²) < 4.78 is 5.46. The predicted molar refractivity (Wildman–Crippen MR) is 127 cm³/mol. The summed E-state index contributed by atoms with van der Waals surface area (Å²) in [5.74, 6) is 0.908. The third kappa shape index (κ3) is 5.84. The highest BCUT2D eigenvalue weighted by molar-refractivity contribution is 6.32. The Morgan fingerprint density at radius 3 is 2.76 bits per heavy atom. The molecule has 0 atom stereocenters. The van der Waals surface area contributed by atoms with E-state index in [0.717, 1.165) is 30.5 Å². The fourth-order valence-corrected chi connectivity index (χ4v) is 4.04. The van der Waals surface area contributed by atoms with E-state index in [-0.39, 0.29) is 18.0 Å². The summed E-state index contributed by atoms with van der Waals surface area (Å²) in [5, 5.41) is 9.85. The van der Waals surface area contributed by atoms with E-state index in [1.807, 2.05) is 32.9 Å². The summed E-state index contributed by atoms with van der Waals surface area (Å²) >= 11 is 6.34. The van der Waals surface area contributed by atoms with Crippen LogP contribution in [0.2, 0.25) is 5.02 Å². The summed E-state index contributed by atoms with van der Waals surface area (Å²) in [6.45, 7) is 7.42. The molecule has 0 aliphatic carbocycles. The smallest absolute Gasteiger partial charge is 0.410 e. The number of nitrogens with one attached hydrogen (secondary N) is 3. The van der Waals surface area contributed by atoms with E-state index in [1.54, 1.807) is 17.2 Å². The van der Waals surface area contributed by atoms with Gasteiger partial charge in [-0.25, -0.2) is 9.78 Å². The Morgan fingerprint density at radius 2 is 2.03 bits per heavy atom. The zero-order valence-electron chi connectivity index (χ0n) is 19.1. The highest BCUT2D eigenvalue weighted by atomic mass is 35.5. The maximum absolute atomic E-state index is 12.3. The quantitative estimate of drug-likeness (QED) is 0.617. The van der Waals surface area contributed by atoms with Crippen molar-refractivity contribution in [2.24, 2.45) is 0 Å². The summed E-state index contributed by atoms with van der Waals surface area (Å²) in [7, 11) is 0. The highest BCUT2D eigenvalue weighted by Gasteiger charge is 2.27. The molecule has 1 fully saturated rings. The Hall–Kier alpha value is -3.07. The van der Waals surface area contributed by atoms with Crippen molar-refractivity contribution in [1.29, 1.82) is 0 Å². The molecule has 1 aromatic carbocycles. The van der Waals surface area contributed by atoms with Gasteiger partial charge in [0.25, 0.3) is 5.91 Å². The maximum atomic E-state index is 12.3. The molecule has 4 rings (SSSR count). The fraction of sp³-hybridized carbons (Fsp3) is 0.478. The van der Waals surface area contributed by atoms with Gasteiger partial charge in [-0.05, 0) is 63.8 Å². The SMILES string of the molecule is CC(C)(C)OC(=O)N1CCC(Nc2nc(Nc3ccc4c(c3)CCNC4=O)ncc2Cl)CC1. The number of nitrogens with zero attached hydrogens (tertiary/aromatic N) is 3. The third-order valence-electron chi connectivity index (χ3n) is 5.52. The second-order valence-corrected chi connectivity index (χ2v) is 9.69. The lowest BCUT2D eigenvalue weighted by Crippen LogP contribution is -2.44. The normalized spacial score (nSPS) is 16.6. The van der Waals surface area contributed by atoms with E-state index in [2.05, 4.69) is 25.9 Å². The minimum Gasteiger partial charge on any atom is -0.444 e. The number of rotatable bonds is 4. The van der Waals surface area contributed by atoms with Crippen LogP contribution in [0.4, 0.5) is 22.2 Å². The lowest BCUT2D eigenvalue weighted by Gasteiger charge is -2.34. The molecule has 3 N–H and O–H groups in total. The van der Waals surface area contributed by atoms with Crippen LogP contribution in [0.1, 0.15) is 49.5 Å². The first kappa shape index (κ1) is 23.1. The van der Waals surface area contributed by atoms with Gasteiger partial charge in [0.15, 0.2) is 5.82 Å². The lowest BCUT2D eigenvalue weighted by molar-refractivity contribution is 0.0210. The molecule has 10 heteroatoms. The number of halogens is 1. The number of carbonyl (C=O) groups is 2. The largest absolute Gasteiger partial charge is 0.444 e. The van der Waals surface area contributed by atoms with Crippen LogP contribution in [0.3, 0.4) is 0 Å². The van der Waals surface area contributed by atoms with Gasteiger partial charge in [-0.1, -0.05) is 11.6 Å². The van der Waals surface area contributed by atoms with Gasteiger partial charge in [-0.15, -0.1) is 0 Å². The van der Waals surface area contributed by atoms with E-state index in [4.69, 9.17) is 16.3 Å². The first-order chi connectivity index (χ1) is 15.7. The summed E-state index contributed by atoms with van der Waals surface area (Å²) in [6.07, 6.45) is 3.58. The second-order valence-electron chi connectivity index (χ2n) is 9.28. The van der Waals surface area contributed by atoms with Gasteiger partial charge in [-0.2, -0.15) is 4.98 Å². The Morgan fingerprint density at radius 1 is 1.27 bits per heavy atom. The predicted octanol–water partition coefficient (Wildman–Crippen LogP) is 3.97. The number of ether oxygens (including phenoxy) is 1. The van der Waals surface area contributed by atoms with Crippen molar-refractivity contribution in [3.05, 3.63) is 40.5 Å². The molecule has 3 heterocycles. The minimum absolute atomic E-state index is 0.0465. The van der Waals surface area contributed by atoms with Crippen molar-refractivity contribution < 1.29 is 14.3 Å². The van der Waals surface area contributed by atoms with Crippen LogP contribution in [0.25, 0.3) is 0 Å². The van der Waals surface area contributed by atoms with Crippen LogP contribution in [0.5, 0.6) is 0 Å². The molecule has 1 saturated heterocycles. The molecule has 2 aliphatic heterocycles. The summed E-state index contributed by atoms with van der Waals surface area (Å²) in [6, 6.07) is 5.72. The average Bonchev–Trinajstić information content (AvgIpc) is 2.75. The van der Waals surface area contributed by atoms with E-state index in [1.165, 1.54) is 0 Å². The third-order valence-corrected chi connectivity index (χ3v) is 5.79. The van der Waals surface area contributed by atoms with E-state index >= 15 is 0 Å². The molecule has 0 spiro atoms. The molecule has 176 valence electrons. The van der Waals surface area contributed by atoms with E-state index < -0.39 is 5.60 Å². The maximum Gasteiger partial charge on any atom is 0.410 e. The zero-order chi connectivity index (χ0) is 23.6. The molecule has 2 aliphatic rings. The molecule has 0 radical (unpaired) electrons. The van der Waals surface area contributed by atoms with Crippen LogP contribution in [-0.4, -0.2) is 58.1 Å². The number of likely N-dealkylation sites (tertiary alicyclic amines) is 1. The number of aromatic nitrogens is 2. The molecular weight excluding hydrogens is 444 g/mol. The van der Waals surface area contributed by atoms with Crippen molar-refractivity contribution in [3.63, 3.8) is 0 Å². The Kier molecular flexibility index (Phi) is 6.60. The second kappa shape index (κ2) is 9.43. The molecule has 0 saturated carbocycles. The number of anilines is 3. The van der Waals surface area contributed by atoms with E-state index in [9.17, 15) is 9.59 Å². The molecule has 33 heavy (non-hydrogen) atoms. The fourth-order valence-electron chi connectivity index (χ4n) is 3.89. The molecule has 9 nitrogen and oxygen atoms in total. The molecule has 1 aromatic heterocycles. The Balaban J connectivity index is 1.37. The van der Waals surface area contributed by atoms with Gasteiger partial charge in [0, 0.05) is 36.9 Å². The van der Waals surface area contributed by atoms with Crippen molar-refractivity contribution in [3.8, 4) is 0 Å². The van der Waals surface area contributed by atoms with Crippen molar-refractivity contribution >= 4 is 41.1 Å². The summed E-state index contributed by atoms with van der Waals surface area (Å²) in [4.78, 5) is 34.8. The average molecular weight is 473 g/mol. The number of hydrogen-bond acceptors (Lipinski definition) is 7. The van der Waals surface area contributed by atoms with Crippen LogP contribution in [-0.2, 0) is 11.2 Å². The number of piperidine rings is 1. The van der Waals surface area contributed by atoms with Crippen LogP contribution in [0.15, 0.2) is 24.4 Å². The number of fused-ring (bicyclic) bond motifs is 1. The summed E-state index contributed by atoms with van der Waals surface area (Å²) in [5.41, 5.74) is 1.99.